The highest BCUT2D eigenvalue weighted by Gasteiger charge is 2.26. The van der Waals surface area contributed by atoms with E-state index in [1.54, 1.807) is 6.92 Å². The van der Waals surface area contributed by atoms with Gasteiger partial charge in [0, 0.05) is 23.8 Å². The lowest BCUT2D eigenvalue weighted by Crippen LogP contribution is -2.33. The zero-order valence-corrected chi connectivity index (χ0v) is 10.9. The fraction of sp³-hybridized carbons (Fsp3) is 0.533. The maximum Gasteiger partial charge on any atom is 0.161 e. The largest absolute Gasteiger partial charge is 0.368 e. The molecule has 0 spiro atoms. The molecule has 2 nitrogen and oxygen atoms in total. The van der Waals surface area contributed by atoms with Gasteiger partial charge >= 0.3 is 0 Å². The van der Waals surface area contributed by atoms with Crippen LogP contribution in [0.4, 0.5) is 5.69 Å². The summed E-state index contributed by atoms with van der Waals surface area (Å²) in [6, 6.07) is 8.40. The number of nitrogens with zero attached hydrogens (tertiary/aromatic N) is 1. The van der Waals surface area contributed by atoms with Crippen LogP contribution < -0.4 is 4.90 Å². The van der Waals surface area contributed by atoms with Gasteiger partial charge in [-0.1, -0.05) is 12.1 Å². The Morgan fingerprint density at radius 1 is 1.35 bits per heavy atom. The second-order valence-corrected chi connectivity index (χ2v) is 5.26. The van der Waals surface area contributed by atoms with Crippen LogP contribution in [0.15, 0.2) is 24.3 Å². The van der Waals surface area contributed by atoms with Crippen molar-refractivity contribution in [1.82, 2.24) is 0 Å². The number of Topliss-reactive ketones (excluding diaryl/α,β-unsaturated/α-hetero) is 1. The van der Waals surface area contributed by atoms with Crippen molar-refractivity contribution in [3.8, 4) is 0 Å². The molecule has 2 rings (SSSR count). The van der Waals surface area contributed by atoms with Crippen LogP contribution in [0.3, 0.4) is 0 Å². The van der Waals surface area contributed by atoms with Crippen LogP contribution in [0, 0.1) is 5.92 Å². The molecule has 1 aliphatic carbocycles. The highest BCUT2D eigenvalue weighted by atomic mass is 16.1. The molecule has 1 aromatic rings. The van der Waals surface area contributed by atoms with Gasteiger partial charge in [0.1, 0.15) is 0 Å². The summed E-state index contributed by atoms with van der Waals surface area (Å²) in [7, 11) is 0. The van der Waals surface area contributed by atoms with Crippen molar-refractivity contribution in [2.24, 2.45) is 5.92 Å². The molecule has 92 valence electrons. The molecule has 0 N–H and O–H groups in total. The van der Waals surface area contributed by atoms with Gasteiger partial charge in [-0.15, -0.1) is 0 Å². The van der Waals surface area contributed by atoms with Gasteiger partial charge in [-0.25, -0.2) is 0 Å². The number of para-hydroxylation sites is 1. The molecule has 0 saturated heterocycles. The van der Waals surface area contributed by atoms with E-state index in [0.29, 0.717) is 6.04 Å². The molecule has 0 aromatic heterocycles. The lowest BCUT2D eigenvalue weighted by atomic mass is 10.1. The molecule has 0 atom stereocenters. The van der Waals surface area contributed by atoms with Gasteiger partial charge in [-0.3, -0.25) is 4.79 Å². The van der Waals surface area contributed by atoms with E-state index < -0.39 is 0 Å². The average Bonchev–Trinajstić information content (AvgIpc) is 3.09. The third kappa shape index (κ3) is 2.87. The molecule has 2 heteroatoms. The molecule has 0 amide bonds. The smallest absolute Gasteiger partial charge is 0.161 e. The van der Waals surface area contributed by atoms with Crippen molar-refractivity contribution >= 4 is 11.5 Å². The molecular formula is C15H21NO. The van der Waals surface area contributed by atoms with Gasteiger partial charge in [0.25, 0.3) is 0 Å². The molecule has 1 saturated carbocycles. The molecule has 0 bridgehead atoms. The minimum Gasteiger partial charge on any atom is -0.368 e. The number of anilines is 1. The summed E-state index contributed by atoms with van der Waals surface area (Å²) in [6.45, 7) is 7.12. The Bertz CT molecular complexity index is 407. The Morgan fingerprint density at radius 3 is 2.53 bits per heavy atom. The van der Waals surface area contributed by atoms with E-state index in [2.05, 4.69) is 24.8 Å². The molecule has 1 aliphatic rings. The normalized spacial score (nSPS) is 15.1. The van der Waals surface area contributed by atoms with E-state index in [4.69, 9.17) is 0 Å². The first-order chi connectivity index (χ1) is 8.09. The first-order valence-corrected chi connectivity index (χ1v) is 6.46. The fourth-order valence-corrected chi connectivity index (χ4v) is 2.19. The lowest BCUT2D eigenvalue weighted by Gasteiger charge is -2.30. The molecule has 1 aromatic carbocycles. The van der Waals surface area contributed by atoms with Crippen molar-refractivity contribution in [3.05, 3.63) is 29.8 Å². The standard InChI is InChI=1S/C15H21NO/c1-11(2)16(10-13-8-9-13)15-7-5-4-6-14(15)12(3)17/h4-7,11,13H,8-10H2,1-3H3. The second-order valence-electron chi connectivity index (χ2n) is 5.26. The zero-order chi connectivity index (χ0) is 12.4. The number of benzene rings is 1. The number of hydrogen-bond donors (Lipinski definition) is 0. The van der Waals surface area contributed by atoms with E-state index in [1.165, 1.54) is 12.8 Å². The van der Waals surface area contributed by atoms with Gasteiger partial charge in [0.15, 0.2) is 5.78 Å². The highest BCUT2D eigenvalue weighted by Crippen LogP contribution is 2.33. The molecule has 17 heavy (non-hydrogen) atoms. The van der Waals surface area contributed by atoms with E-state index in [-0.39, 0.29) is 5.78 Å². The molecule has 0 heterocycles. The third-order valence-corrected chi connectivity index (χ3v) is 3.37. The summed E-state index contributed by atoms with van der Waals surface area (Å²) >= 11 is 0. The second kappa shape index (κ2) is 4.91. The zero-order valence-electron chi connectivity index (χ0n) is 10.9. The maximum atomic E-state index is 11.7. The molecular weight excluding hydrogens is 210 g/mol. The monoisotopic (exact) mass is 231 g/mol. The maximum absolute atomic E-state index is 11.7. The summed E-state index contributed by atoms with van der Waals surface area (Å²) in [5.41, 5.74) is 1.95. The van der Waals surface area contributed by atoms with Gasteiger partial charge in [0.05, 0.1) is 0 Å². The fourth-order valence-electron chi connectivity index (χ4n) is 2.19. The van der Waals surface area contributed by atoms with Crippen LogP contribution in [0.2, 0.25) is 0 Å². The van der Waals surface area contributed by atoms with Crippen LogP contribution in [-0.2, 0) is 0 Å². The number of hydrogen-bond acceptors (Lipinski definition) is 2. The van der Waals surface area contributed by atoms with Crippen molar-refractivity contribution in [1.29, 1.82) is 0 Å². The third-order valence-electron chi connectivity index (χ3n) is 3.37. The van der Waals surface area contributed by atoms with Gasteiger partial charge in [-0.2, -0.15) is 0 Å². The van der Waals surface area contributed by atoms with Crippen molar-refractivity contribution < 1.29 is 4.79 Å². The molecule has 0 radical (unpaired) electrons. The first-order valence-electron chi connectivity index (χ1n) is 6.46. The SMILES string of the molecule is CC(=O)c1ccccc1N(CC1CC1)C(C)C. The van der Waals surface area contributed by atoms with Gasteiger partial charge in [0.2, 0.25) is 0 Å². The topological polar surface area (TPSA) is 20.3 Å². The predicted molar refractivity (Wildman–Crippen MR) is 71.7 cm³/mol. The Balaban J connectivity index is 2.30. The van der Waals surface area contributed by atoms with Crippen molar-refractivity contribution in [3.63, 3.8) is 0 Å². The number of carbonyl (C=O) groups excluding carboxylic acids is 1. The van der Waals surface area contributed by atoms with Crippen LogP contribution in [-0.4, -0.2) is 18.4 Å². The van der Waals surface area contributed by atoms with Gasteiger partial charge in [-0.05, 0) is 51.7 Å². The van der Waals surface area contributed by atoms with Crippen LogP contribution in [0.1, 0.15) is 44.0 Å². The van der Waals surface area contributed by atoms with E-state index in [0.717, 1.165) is 23.7 Å². The first kappa shape index (κ1) is 12.2. The Hall–Kier alpha value is -1.31. The van der Waals surface area contributed by atoms with E-state index >= 15 is 0 Å². The minimum atomic E-state index is 0.155. The van der Waals surface area contributed by atoms with E-state index in [9.17, 15) is 4.79 Å². The van der Waals surface area contributed by atoms with E-state index in [1.807, 2.05) is 18.2 Å². The molecule has 0 aliphatic heterocycles. The molecule has 1 fully saturated rings. The Kier molecular flexibility index (Phi) is 3.51. The van der Waals surface area contributed by atoms with Crippen LogP contribution >= 0.6 is 0 Å². The van der Waals surface area contributed by atoms with Crippen molar-refractivity contribution in [2.75, 3.05) is 11.4 Å². The quantitative estimate of drug-likeness (QED) is 0.723. The number of rotatable bonds is 5. The molecule has 0 unspecified atom stereocenters. The number of ketones is 1. The summed E-state index contributed by atoms with van der Waals surface area (Å²) in [5.74, 6) is 0.986. The summed E-state index contributed by atoms with van der Waals surface area (Å²) < 4.78 is 0. The Morgan fingerprint density at radius 2 is 2.00 bits per heavy atom. The minimum absolute atomic E-state index is 0.155. The average molecular weight is 231 g/mol. The number of carbonyl (C=O) groups is 1. The summed E-state index contributed by atoms with van der Waals surface area (Å²) in [4.78, 5) is 14.0. The predicted octanol–water partition coefficient (Wildman–Crippen LogP) is 3.51. The Labute approximate surface area is 104 Å². The summed E-state index contributed by atoms with van der Waals surface area (Å²) in [6.07, 6.45) is 2.68. The summed E-state index contributed by atoms with van der Waals surface area (Å²) in [5, 5.41) is 0. The van der Waals surface area contributed by atoms with Crippen molar-refractivity contribution in [2.45, 2.75) is 39.7 Å². The van der Waals surface area contributed by atoms with Crippen LogP contribution in [0.25, 0.3) is 0 Å². The van der Waals surface area contributed by atoms with Crippen LogP contribution in [0.5, 0.6) is 0 Å². The van der Waals surface area contributed by atoms with Gasteiger partial charge < -0.3 is 4.90 Å². The lowest BCUT2D eigenvalue weighted by molar-refractivity contribution is 0.101. The highest BCUT2D eigenvalue weighted by molar-refractivity contribution is 5.99.